The van der Waals surface area contributed by atoms with Crippen LogP contribution in [0, 0.1) is 11.3 Å². The highest BCUT2D eigenvalue weighted by Crippen LogP contribution is 2.02. The van der Waals surface area contributed by atoms with Gasteiger partial charge in [0.25, 0.3) is 0 Å². The topological polar surface area (TPSA) is 45.0 Å². The Balaban J connectivity index is 2.36. The fourth-order valence-corrected chi connectivity index (χ4v) is 0.505. The van der Waals surface area contributed by atoms with Gasteiger partial charge in [-0.25, -0.2) is 0 Å². The van der Waals surface area contributed by atoms with E-state index in [1.54, 1.807) is 6.20 Å². The van der Waals surface area contributed by atoms with Crippen molar-refractivity contribution in [1.29, 1.82) is 5.26 Å². The Bertz CT molecular complexity index is 145. The van der Waals surface area contributed by atoms with E-state index >= 15 is 0 Å². The monoisotopic (exact) mass is 110 g/mol. The number of nitrogens with zero attached hydrogens (tertiary/aromatic N) is 1. The third-order valence-corrected chi connectivity index (χ3v) is 0.910. The zero-order valence-corrected chi connectivity index (χ0v) is 4.35. The molecule has 0 radical (unpaired) electrons. The van der Waals surface area contributed by atoms with E-state index in [4.69, 9.17) is 10.1 Å². The molecular formula is C5H6N2O. The van der Waals surface area contributed by atoms with Crippen molar-refractivity contribution in [3.05, 3.63) is 11.8 Å². The van der Waals surface area contributed by atoms with Crippen LogP contribution in [0.3, 0.4) is 0 Å². The highest BCUT2D eigenvalue weighted by Gasteiger charge is 2.01. The summed E-state index contributed by atoms with van der Waals surface area (Å²) in [4.78, 5) is 4.72. The summed E-state index contributed by atoms with van der Waals surface area (Å²) in [5.41, 5.74) is 3.55. The minimum Gasteiger partial charge on any atom is -0.274 e. The first-order chi connectivity index (χ1) is 3.93. The molecule has 0 unspecified atom stereocenters. The van der Waals surface area contributed by atoms with Crippen LogP contribution >= 0.6 is 0 Å². The molecule has 0 amide bonds. The largest absolute Gasteiger partial charge is 0.274 e. The molecule has 0 aromatic heterocycles. The summed E-state index contributed by atoms with van der Waals surface area (Å²) in [5, 5.41) is 8.15. The second-order valence-corrected chi connectivity index (χ2v) is 1.54. The molecule has 3 nitrogen and oxygen atoms in total. The van der Waals surface area contributed by atoms with Crippen molar-refractivity contribution in [3.8, 4) is 6.07 Å². The van der Waals surface area contributed by atoms with Gasteiger partial charge in [-0.1, -0.05) is 0 Å². The third-order valence-electron chi connectivity index (χ3n) is 0.910. The van der Waals surface area contributed by atoms with Gasteiger partial charge in [0.15, 0.2) is 0 Å². The zero-order chi connectivity index (χ0) is 5.82. The molecule has 42 valence electrons. The molecule has 0 bridgehead atoms. The molecule has 3 heteroatoms. The number of nitriles is 1. The van der Waals surface area contributed by atoms with E-state index in [1.807, 2.05) is 6.07 Å². The lowest BCUT2D eigenvalue weighted by atomic mass is 10.2. The van der Waals surface area contributed by atoms with E-state index in [-0.39, 0.29) is 0 Å². The predicted molar refractivity (Wildman–Crippen MR) is 27.4 cm³/mol. The maximum Gasteiger partial charge on any atom is 0.0984 e. The summed E-state index contributed by atoms with van der Waals surface area (Å²) in [7, 11) is 0. The lowest BCUT2D eigenvalue weighted by Gasteiger charge is -1.86. The van der Waals surface area contributed by atoms with E-state index in [0.717, 1.165) is 5.57 Å². The summed E-state index contributed by atoms with van der Waals surface area (Å²) < 4.78 is 0. The molecule has 1 N–H and O–H groups in total. The Kier molecular flexibility index (Phi) is 1.50. The Hall–Kier alpha value is -1.01. The van der Waals surface area contributed by atoms with Crippen LogP contribution in [0.1, 0.15) is 6.42 Å². The Morgan fingerprint density at radius 1 is 2.00 bits per heavy atom. The molecule has 1 heterocycles. The zero-order valence-electron chi connectivity index (χ0n) is 4.35. The average molecular weight is 110 g/mol. The highest BCUT2D eigenvalue weighted by atomic mass is 16.6. The quantitative estimate of drug-likeness (QED) is 0.528. The molecular weight excluding hydrogens is 104 g/mol. The van der Waals surface area contributed by atoms with E-state index in [2.05, 4.69) is 5.48 Å². The van der Waals surface area contributed by atoms with Crippen LogP contribution in [-0.2, 0) is 4.84 Å². The SMILES string of the molecule is N#CCC1=CNOC1. The minimum atomic E-state index is 0.465. The summed E-state index contributed by atoms with van der Waals surface area (Å²) >= 11 is 0. The Morgan fingerprint density at radius 2 is 2.88 bits per heavy atom. The second kappa shape index (κ2) is 2.34. The Labute approximate surface area is 47.5 Å². The van der Waals surface area contributed by atoms with Gasteiger partial charge in [0, 0.05) is 6.20 Å². The van der Waals surface area contributed by atoms with Crippen molar-refractivity contribution in [2.75, 3.05) is 6.61 Å². The van der Waals surface area contributed by atoms with Crippen LogP contribution in [0.15, 0.2) is 11.8 Å². The lowest BCUT2D eigenvalue weighted by Crippen LogP contribution is -1.96. The molecule has 1 rings (SSSR count). The molecule has 1 aliphatic heterocycles. The second-order valence-electron chi connectivity index (χ2n) is 1.54. The van der Waals surface area contributed by atoms with Crippen LogP contribution in [0.25, 0.3) is 0 Å². The van der Waals surface area contributed by atoms with E-state index < -0.39 is 0 Å². The maximum atomic E-state index is 8.15. The smallest absolute Gasteiger partial charge is 0.0984 e. The van der Waals surface area contributed by atoms with E-state index in [1.165, 1.54) is 0 Å². The van der Waals surface area contributed by atoms with Crippen molar-refractivity contribution >= 4 is 0 Å². The standard InChI is InChI=1S/C5H6N2O/c6-2-1-5-3-7-8-4-5/h3,7H,1,4H2. The van der Waals surface area contributed by atoms with Crippen molar-refractivity contribution in [3.63, 3.8) is 0 Å². The van der Waals surface area contributed by atoms with Crippen LogP contribution in [0.4, 0.5) is 0 Å². The highest BCUT2D eigenvalue weighted by molar-refractivity contribution is 5.08. The van der Waals surface area contributed by atoms with Crippen LogP contribution < -0.4 is 5.48 Å². The van der Waals surface area contributed by atoms with Gasteiger partial charge in [-0.2, -0.15) is 5.26 Å². The lowest BCUT2D eigenvalue weighted by molar-refractivity contribution is 0.112. The molecule has 0 aromatic carbocycles. The normalized spacial score (nSPS) is 16.6. The van der Waals surface area contributed by atoms with Crippen molar-refractivity contribution in [1.82, 2.24) is 5.48 Å². The van der Waals surface area contributed by atoms with E-state index in [9.17, 15) is 0 Å². The predicted octanol–water partition coefficient (Wildman–Crippen LogP) is 0.319. The van der Waals surface area contributed by atoms with Crippen LogP contribution in [-0.4, -0.2) is 6.61 Å². The van der Waals surface area contributed by atoms with Gasteiger partial charge in [-0.05, 0) is 5.57 Å². The van der Waals surface area contributed by atoms with Crippen molar-refractivity contribution in [2.45, 2.75) is 6.42 Å². The summed E-state index contributed by atoms with van der Waals surface area (Å²) in [6.45, 7) is 0.549. The van der Waals surface area contributed by atoms with Crippen molar-refractivity contribution in [2.24, 2.45) is 0 Å². The first kappa shape index (κ1) is 5.13. The number of hydroxylamine groups is 1. The fourth-order valence-electron chi connectivity index (χ4n) is 0.505. The number of hydrogen-bond donors (Lipinski definition) is 1. The molecule has 0 saturated heterocycles. The van der Waals surface area contributed by atoms with Gasteiger partial charge in [-0.3, -0.25) is 10.3 Å². The summed E-state index contributed by atoms with van der Waals surface area (Å²) in [6, 6.07) is 2.02. The van der Waals surface area contributed by atoms with Gasteiger partial charge in [-0.15, -0.1) is 0 Å². The van der Waals surface area contributed by atoms with Gasteiger partial charge in [0.1, 0.15) is 0 Å². The first-order valence-electron chi connectivity index (χ1n) is 2.35. The van der Waals surface area contributed by atoms with Gasteiger partial charge in [0.2, 0.25) is 0 Å². The molecule has 0 spiro atoms. The summed E-state index contributed by atoms with van der Waals surface area (Å²) in [6.07, 6.45) is 2.18. The van der Waals surface area contributed by atoms with Crippen molar-refractivity contribution < 1.29 is 4.84 Å². The number of rotatable bonds is 1. The molecule has 0 saturated carbocycles. The molecule has 8 heavy (non-hydrogen) atoms. The van der Waals surface area contributed by atoms with Crippen LogP contribution in [0.2, 0.25) is 0 Å². The molecule has 0 aromatic rings. The molecule has 0 atom stereocenters. The van der Waals surface area contributed by atoms with Crippen LogP contribution in [0.5, 0.6) is 0 Å². The molecule has 1 aliphatic rings. The number of hydrogen-bond acceptors (Lipinski definition) is 3. The van der Waals surface area contributed by atoms with Gasteiger partial charge in [0.05, 0.1) is 19.1 Å². The molecule has 0 aliphatic carbocycles. The fraction of sp³-hybridized carbons (Fsp3) is 0.400. The first-order valence-corrected chi connectivity index (χ1v) is 2.35. The summed E-state index contributed by atoms with van der Waals surface area (Å²) in [5.74, 6) is 0. The average Bonchev–Trinajstić information content (AvgIpc) is 2.19. The van der Waals surface area contributed by atoms with Gasteiger partial charge < -0.3 is 0 Å². The molecule has 0 fully saturated rings. The van der Waals surface area contributed by atoms with E-state index in [0.29, 0.717) is 13.0 Å². The minimum absolute atomic E-state index is 0.465. The van der Waals surface area contributed by atoms with Gasteiger partial charge >= 0.3 is 0 Å². The third kappa shape index (κ3) is 0.983. The Morgan fingerprint density at radius 3 is 3.38 bits per heavy atom. The maximum absolute atomic E-state index is 8.15. The number of nitrogens with one attached hydrogen (secondary N) is 1.